The highest BCUT2D eigenvalue weighted by molar-refractivity contribution is 6.13. The van der Waals surface area contributed by atoms with Crippen LogP contribution in [0, 0.1) is 0 Å². The summed E-state index contributed by atoms with van der Waals surface area (Å²) < 4.78 is 0. The number of aliphatic imine (C=N–C) groups is 2. The van der Waals surface area contributed by atoms with Crippen LogP contribution in [0.3, 0.4) is 0 Å². The molecule has 340 valence electrons. The van der Waals surface area contributed by atoms with Crippen molar-refractivity contribution in [3.63, 3.8) is 0 Å². The average molecular weight is 921 g/mol. The van der Waals surface area contributed by atoms with Crippen LogP contribution < -0.4 is 5.32 Å². The lowest BCUT2D eigenvalue weighted by atomic mass is 9.83. The predicted octanol–water partition coefficient (Wildman–Crippen LogP) is 16.9. The third kappa shape index (κ3) is 8.97. The molecule has 0 radical (unpaired) electrons. The first-order chi connectivity index (χ1) is 35.7. The molecule has 1 aliphatic rings. The Morgan fingerprint density at radius 3 is 1.00 bits per heavy atom. The molecular weight excluding hydrogens is 873 g/mol. The van der Waals surface area contributed by atoms with E-state index in [1.54, 1.807) is 0 Å². The van der Waals surface area contributed by atoms with Gasteiger partial charge in [-0.2, -0.15) is 0 Å². The second-order valence-corrected chi connectivity index (χ2v) is 18.0. The highest BCUT2D eigenvalue weighted by Crippen LogP contribution is 2.49. The van der Waals surface area contributed by atoms with Gasteiger partial charge in [0, 0.05) is 38.9 Å². The number of hydrogen-bond acceptors (Lipinski definition) is 4. The zero-order chi connectivity index (χ0) is 48.1. The van der Waals surface area contributed by atoms with Gasteiger partial charge in [-0.05, 0) is 73.8 Å². The molecule has 0 aliphatic carbocycles. The molecule has 0 fully saturated rings. The molecule has 4 heteroatoms. The molecule has 1 N–H and O–H groups in total. The largest absolute Gasteiger partial charge is 0.344 e. The van der Waals surface area contributed by atoms with E-state index in [-0.39, 0.29) is 6.17 Å². The van der Waals surface area contributed by atoms with Crippen molar-refractivity contribution in [3.05, 3.63) is 296 Å². The summed E-state index contributed by atoms with van der Waals surface area (Å²) in [4.78, 5) is 16.1. The van der Waals surface area contributed by atoms with E-state index in [1.165, 1.54) is 0 Å². The smallest absolute Gasteiger partial charge is 0.159 e. The Kier molecular flexibility index (Phi) is 12.1. The van der Waals surface area contributed by atoms with Crippen molar-refractivity contribution in [1.82, 2.24) is 10.3 Å². The summed E-state index contributed by atoms with van der Waals surface area (Å²) in [5.41, 5.74) is 20.5. The molecule has 1 unspecified atom stereocenters. The van der Waals surface area contributed by atoms with E-state index in [0.29, 0.717) is 5.84 Å². The fraction of sp³-hybridized carbons (Fsp3) is 0.0147. The van der Waals surface area contributed by atoms with Gasteiger partial charge in [0.05, 0.1) is 11.4 Å². The molecule has 12 rings (SSSR count). The summed E-state index contributed by atoms with van der Waals surface area (Å²) in [5, 5.41) is 3.76. The van der Waals surface area contributed by atoms with Crippen molar-refractivity contribution in [2.24, 2.45) is 9.98 Å². The van der Waals surface area contributed by atoms with Crippen molar-refractivity contribution in [2.75, 3.05) is 0 Å². The molecule has 1 atom stereocenters. The van der Waals surface area contributed by atoms with Crippen molar-refractivity contribution in [1.29, 1.82) is 0 Å². The van der Waals surface area contributed by atoms with Gasteiger partial charge >= 0.3 is 0 Å². The first kappa shape index (κ1) is 43.7. The molecule has 0 amide bonds. The first-order valence-corrected chi connectivity index (χ1v) is 24.5. The van der Waals surface area contributed by atoms with E-state index in [1.807, 2.05) is 18.2 Å². The minimum absolute atomic E-state index is 0.384. The van der Waals surface area contributed by atoms with Gasteiger partial charge < -0.3 is 5.32 Å². The maximum Gasteiger partial charge on any atom is 0.159 e. The van der Waals surface area contributed by atoms with Crippen molar-refractivity contribution in [3.8, 4) is 89.3 Å². The molecule has 10 aromatic carbocycles. The number of hydrogen-bond donors (Lipinski definition) is 1. The molecule has 0 spiro atoms. The monoisotopic (exact) mass is 920 g/mol. The Hall–Kier alpha value is -9.51. The summed E-state index contributed by atoms with van der Waals surface area (Å²) in [6.07, 6.45) is -0.384. The van der Waals surface area contributed by atoms with Crippen LogP contribution in [0.2, 0.25) is 0 Å². The molecule has 1 aliphatic heterocycles. The van der Waals surface area contributed by atoms with Crippen LogP contribution in [0.4, 0.5) is 0 Å². The number of pyridine rings is 1. The summed E-state index contributed by atoms with van der Waals surface area (Å²) >= 11 is 0. The minimum atomic E-state index is -0.384. The van der Waals surface area contributed by atoms with Gasteiger partial charge in [0.2, 0.25) is 0 Å². The number of rotatable bonds is 11. The number of benzene rings is 10. The maximum absolute atomic E-state index is 5.62. The molecule has 2 heterocycles. The van der Waals surface area contributed by atoms with Gasteiger partial charge in [0.15, 0.2) is 5.84 Å². The highest BCUT2D eigenvalue weighted by Gasteiger charge is 2.26. The Morgan fingerprint density at radius 2 is 0.583 bits per heavy atom. The van der Waals surface area contributed by atoms with Crippen LogP contribution >= 0.6 is 0 Å². The fourth-order valence-corrected chi connectivity index (χ4v) is 9.79. The summed E-state index contributed by atoms with van der Waals surface area (Å²) in [6.45, 7) is 0. The SMILES string of the molecule is c1ccc(C2=NC(c3cc(-c4ccccc4)cc(-c4ccccc4)c3)NC(c3ccc(-c4ccc(-c5c(-c6ccccc6)c(-c6ccccc6)nc(-c6ccccc6)c5-c5ccccc5)cc4)cc3)=N2)cc1. The minimum Gasteiger partial charge on any atom is -0.344 e. The molecular formula is C68H48N4. The van der Waals surface area contributed by atoms with Crippen molar-refractivity contribution < 1.29 is 0 Å². The van der Waals surface area contributed by atoms with Crippen LogP contribution in [0.25, 0.3) is 89.3 Å². The average Bonchev–Trinajstić information content (AvgIpc) is 3.48. The van der Waals surface area contributed by atoms with Gasteiger partial charge in [0.25, 0.3) is 0 Å². The van der Waals surface area contributed by atoms with E-state index < -0.39 is 0 Å². The van der Waals surface area contributed by atoms with Crippen molar-refractivity contribution >= 4 is 11.7 Å². The van der Waals surface area contributed by atoms with Gasteiger partial charge in [-0.3, -0.25) is 0 Å². The number of aromatic nitrogens is 1. The number of amidine groups is 2. The van der Waals surface area contributed by atoms with Crippen LogP contribution in [0.15, 0.2) is 289 Å². The zero-order valence-electron chi connectivity index (χ0n) is 39.5. The van der Waals surface area contributed by atoms with Crippen molar-refractivity contribution in [2.45, 2.75) is 6.17 Å². The van der Waals surface area contributed by atoms with E-state index in [2.05, 4.69) is 266 Å². The highest BCUT2D eigenvalue weighted by atomic mass is 15.2. The molecule has 0 saturated carbocycles. The van der Waals surface area contributed by atoms with E-state index in [4.69, 9.17) is 15.0 Å². The maximum atomic E-state index is 5.62. The second kappa shape index (κ2) is 19.8. The lowest BCUT2D eigenvalue weighted by Gasteiger charge is -2.25. The van der Waals surface area contributed by atoms with Crippen LogP contribution in [-0.2, 0) is 0 Å². The lowest BCUT2D eigenvalue weighted by Crippen LogP contribution is -2.33. The molecule has 0 saturated heterocycles. The standard InChI is InChI=1S/C68H48N4/c1-8-22-47(23-9-1)58-44-59(48-24-10-2-11-25-48)46-60(45-58)68-71-66(56-34-20-7-21-35-56)70-67(72-68)57-42-38-50(39-43-57)49-36-40-53(41-37-49)61-62(51-26-12-3-13-27-51)64(54-30-16-5-17-31-54)69-65(55-32-18-6-19-33-55)63(61)52-28-14-4-15-29-52/h1-46,68H,(H,70,71,72). The van der Waals surface area contributed by atoms with Gasteiger partial charge in [-0.25, -0.2) is 15.0 Å². The normalized spacial score (nSPS) is 13.1. The van der Waals surface area contributed by atoms with E-state index >= 15 is 0 Å². The summed E-state index contributed by atoms with van der Waals surface area (Å²) in [5.74, 6) is 1.46. The Bertz CT molecular complexity index is 3530. The number of nitrogens with one attached hydrogen (secondary N) is 1. The Morgan fingerprint density at radius 1 is 0.264 bits per heavy atom. The van der Waals surface area contributed by atoms with Crippen LogP contribution in [0.1, 0.15) is 22.9 Å². The first-order valence-electron chi connectivity index (χ1n) is 24.5. The summed E-state index contributed by atoms with van der Waals surface area (Å²) in [6, 6.07) is 98.5. The van der Waals surface area contributed by atoms with Gasteiger partial charge in [0.1, 0.15) is 12.0 Å². The van der Waals surface area contributed by atoms with Gasteiger partial charge in [-0.1, -0.05) is 261 Å². The zero-order valence-corrected chi connectivity index (χ0v) is 39.5. The second-order valence-electron chi connectivity index (χ2n) is 18.0. The quantitative estimate of drug-likeness (QED) is 0.141. The third-order valence-corrected chi connectivity index (χ3v) is 13.3. The van der Waals surface area contributed by atoms with Gasteiger partial charge in [-0.15, -0.1) is 0 Å². The van der Waals surface area contributed by atoms with Crippen LogP contribution in [-0.4, -0.2) is 16.7 Å². The van der Waals surface area contributed by atoms with E-state index in [9.17, 15) is 0 Å². The Labute approximate surface area is 421 Å². The molecule has 1 aromatic heterocycles. The third-order valence-electron chi connectivity index (χ3n) is 13.3. The van der Waals surface area contributed by atoms with Crippen LogP contribution in [0.5, 0.6) is 0 Å². The molecule has 4 nitrogen and oxygen atoms in total. The Balaban J connectivity index is 0.941. The summed E-state index contributed by atoms with van der Waals surface area (Å²) in [7, 11) is 0. The predicted molar refractivity (Wildman–Crippen MR) is 300 cm³/mol. The molecule has 72 heavy (non-hydrogen) atoms. The fourth-order valence-electron chi connectivity index (χ4n) is 9.79. The number of nitrogens with zero attached hydrogens (tertiary/aromatic N) is 3. The topological polar surface area (TPSA) is 49.6 Å². The molecule has 0 bridgehead atoms. The molecule has 11 aromatic rings. The van der Waals surface area contributed by atoms with E-state index in [0.717, 1.165) is 112 Å². The lowest BCUT2D eigenvalue weighted by molar-refractivity contribution is 0.674.